The second-order valence-electron chi connectivity index (χ2n) is 4.62. The van der Waals surface area contributed by atoms with E-state index in [-0.39, 0.29) is 5.97 Å². The van der Waals surface area contributed by atoms with Gasteiger partial charge in [0.1, 0.15) is 10.5 Å². The maximum atomic E-state index is 11.7. The third-order valence-electron chi connectivity index (χ3n) is 2.95. The van der Waals surface area contributed by atoms with Crippen LogP contribution in [0.1, 0.15) is 25.0 Å². The molecule has 1 rings (SSSR count). The first-order chi connectivity index (χ1) is 8.33. The molecule has 0 aliphatic rings. The molecule has 0 saturated carbocycles. The number of hydrogen-bond donors (Lipinski definition) is 0. The van der Waals surface area contributed by atoms with Crippen LogP contribution >= 0.6 is 11.8 Å². The van der Waals surface area contributed by atoms with Gasteiger partial charge in [0, 0.05) is 4.90 Å². The maximum absolute atomic E-state index is 11.7. The molecule has 1 aromatic rings. The lowest BCUT2D eigenvalue weighted by atomic mass is 10.1. The topological polar surface area (TPSA) is 35.5 Å². The van der Waals surface area contributed by atoms with Crippen molar-refractivity contribution in [1.82, 2.24) is 0 Å². The Morgan fingerprint density at radius 2 is 1.78 bits per heavy atom. The van der Waals surface area contributed by atoms with Crippen LogP contribution in [-0.4, -0.2) is 24.9 Å². The van der Waals surface area contributed by atoms with Gasteiger partial charge in [0.25, 0.3) is 0 Å². The molecule has 0 heterocycles. The second kappa shape index (κ2) is 5.65. The molecule has 0 aliphatic heterocycles. The number of esters is 1. The van der Waals surface area contributed by atoms with E-state index in [1.54, 1.807) is 7.11 Å². The Morgan fingerprint density at radius 3 is 2.28 bits per heavy atom. The third-order valence-corrected chi connectivity index (χ3v) is 4.29. The summed E-state index contributed by atoms with van der Waals surface area (Å²) in [6.45, 7) is 7.78. The van der Waals surface area contributed by atoms with Gasteiger partial charge in [0.05, 0.1) is 14.2 Å². The van der Waals surface area contributed by atoms with Gasteiger partial charge in [-0.1, -0.05) is 0 Å². The van der Waals surface area contributed by atoms with E-state index in [0.29, 0.717) is 0 Å². The zero-order valence-corrected chi connectivity index (χ0v) is 12.6. The van der Waals surface area contributed by atoms with Crippen molar-refractivity contribution in [3.8, 4) is 5.75 Å². The Labute approximate surface area is 113 Å². The summed E-state index contributed by atoms with van der Waals surface area (Å²) >= 11 is 1.51. The Bertz CT molecular complexity index is 453. The first-order valence-corrected chi connectivity index (χ1v) is 6.56. The minimum Gasteiger partial charge on any atom is -0.496 e. The van der Waals surface area contributed by atoms with E-state index in [4.69, 9.17) is 9.47 Å². The van der Waals surface area contributed by atoms with E-state index < -0.39 is 4.75 Å². The highest BCUT2D eigenvalue weighted by molar-refractivity contribution is 8.01. The lowest BCUT2D eigenvalue weighted by Gasteiger charge is -2.22. The van der Waals surface area contributed by atoms with Crippen LogP contribution in [0.2, 0.25) is 0 Å². The monoisotopic (exact) mass is 268 g/mol. The Kier molecular flexibility index (Phi) is 4.68. The normalized spacial score (nSPS) is 11.2. The minimum absolute atomic E-state index is 0.222. The third kappa shape index (κ3) is 2.99. The van der Waals surface area contributed by atoms with Crippen molar-refractivity contribution in [2.75, 3.05) is 14.2 Å². The first kappa shape index (κ1) is 14.9. The molecule has 0 fully saturated rings. The van der Waals surface area contributed by atoms with Crippen LogP contribution in [0.4, 0.5) is 0 Å². The molecular weight excluding hydrogens is 248 g/mol. The summed E-state index contributed by atoms with van der Waals surface area (Å²) in [5.74, 6) is 0.646. The molecule has 0 amide bonds. The highest BCUT2D eigenvalue weighted by atomic mass is 32.2. The van der Waals surface area contributed by atoms with Crippen LogP contribution in [0, 0.1) is 13.8 Å². The van der Waals surface area contributed by atoms with E-state index in [0.717, 1.165) is 21.8 Å². The van der Waals surface area contributed by atoms with Gasteiger partial charge in [0.15, 0.2) is 0 Å². The van der Waals surface area contributed by atoms with Gasteiger partial charge < -0.3 is 9.47 Å². The van der Waals surface area contributed by atoms with Crippen molar-refractivity contribution >= 4 is 17.7 Å². The van der Waals surface area contributed by atoms with Gasteiger partial charge in [-0.25, -0.2) is 0 Å². The summed E-state index contributed by atoms with van der Waals surface area (Å²) in [7, 11) is 3.07. The number of carbonyl (C=O) groups excluding carboxylic acids is 1. The van der Waals surface area contributed by atoms with Gasteiger partial charge in [-0.3, -0.25) is 4.79 Å². The highest BCUT2D eigenvalue weighted by Crippen LogP contribution is 2.38. The van der Waals surface area contributed by atoms with E-state index in [1.807, 2.05) is 39.8 Å². The van der Waals surface area contributed by atoms with Crippen molar-refractivity contribution in [1.29, 1.82) is 0 Å². The predicted molar refractivity (Wildman–Crippen MR) is 74.4 cm³/mol. The molecule has 0 unspecified atom stereocenters. The molecule has 3 nitrogen and oxygen atoms in total. The van der Waals surface area contributed by atoms with Crippen LogP contribution in [-0.2, 0) is 9.53 Å². The Hall–Kier alpha value is -1.16. The molecule has 0 radical (unpaired) electrons. The fraction of sp³-hybridized carbons (Fsp3) is 0.500. The van der Waals surface area contributed by atoms with Gasteiger partial charge in [-0.15, -0.1) is 11.8 Å². The number of ether oxygens (including phenoxy) is 2. The second-order valence-corrected chi connectivity index (χ2v) is 6.28. The summed E-state index contributed by atoms with van der Waals surface area (Å²) in [5, 5.41) is 0. The summed E-state index contributed by atoms with van der Waals surface area (Å²) in [6, 6.07) is 3.91. The zero-order valence-electron chi connectivity index (χ0n) is 11.8. The van der Waals surface area contributed by atoms with Gasteiger partial charge >= 0.3 is 5.97 Å². The standard InChI is InChI=1S/C14H20O3S/c1-9-10(2)12(8-7-11(9)16-5)18-14(3,4)13(15)17-6/h7-8H,1-6H3. The fourth-order valence-corrected chi connectivity index (χ4v) is 2.82. The molecule has 4 heteroatoms. The highest BCUT2D eigenvalue weighted by Gasteiger charge is 2.30. The van der Waals surface area contributed by atoms with Crippen molar-refractivity contribution in [2.45, 2.75) is 37.3 Å². The van der Waals surface area contributed by atoms with Crippen molar-refractivity contribution in [3.63, 3.8) is 0 Å². The quantitative estimate of drug-likeness (QED) is 0.619. The number of benzene rings is 1. The van der Waals surface area contributed by atoms with Gasteiger partial charge in [-0.2, -0.15) is 0 Å². The molecule has 18 heavy (non-hydrogen) atoms. The minimum atomic E-state index is -0.597. The smallest absolute Gasteiger partial charge is 0.321 e. The largest absolute Gasteiger partial charge is 0.496 e. The van der Waals surface area contributed by atoms with Crippen molar-refractivity contribution in [2.24, 2.45) is 0 Å². The number of hydrogen-bond acceptors (Lipinski definition) is 4. The zero-order chi connectivity index (χ0) is 13.9. The number of methoxy groups -OCH3 is 2. The van der Waals surface area contributed by atoms with E-state index in [2.05, 4.69) is 0 Å². The van der Waals surface area contributed by atoms with Crippen LogP contribution < -0.4 is 4.74 Å². The van der Waals surface area contributed by atoms with Gasteiger partial charge in [0.2, 0.25) is 0 Å². The van der Waals surface area contributed by atoms with Gasteiger partial charge in [-0.05, 0) is 51.0 Å². The van der Waals surface area contributed by atoms with Crippen LogP contribution in [0.15, 0.2) is 17.0 Å². The van der Waals surface area contributed by atoms with E-state index >= 15 is 0 Å². The van der Waals surface area contributed by atoms with Crippen LogP contribution in [0.5, 0.6) is 5.75 Å². The Balaban J connectivity index is 3.06. The van der Waals surface area contributed by atoms with Crippen LogP contribution in [0.3, 0.4) is 0 Å². The molecule has 0 N–H and O–H groups in total. The summed E-state index contributed by atoms with van der Waals surface area (Å²) < 4.78 is 9.50. The Morgan fingerprint density at radius 1 is 1.17 bits per heavy atom. The first-order valence-electron chi connectivity index (χ1n) is 5.75. The molecule has 1 aromatic carbocycles. The SMILES string of the molecule is COC(=O)C(C)(C)Sc1ccc(OC)c(C)c1C. The molecule has 0 aliphatic carbocycles. The average Bonchev–Trinajstić information content (AvgIpc) is 2.34. The van der Waals surface area contributed by atoms with E-state index in [1.165, 1.54) is 18.9 Å². The molecule has 0 bridgehead atoms. The number of carbonyl (C=O) groups is 1. The number of rotatable bonds is 4. The summed E-state index contributed by atoms with van der Waals surface area (Å²) in [4.78, 5) is 12.8. The maximum Gasteiger partial charge on any atom is 0.321 e. The van der Waals surface area contributed by atoms with E-state index in [9.17, 15) is 4.79 Å². The summed E-state index contributed by atoms with van der Waals surface area (Å²) in [5.41, 5.74) is 2.24. The lowest BCUT2D eigenvalue weighted by molar-refractivity contribution is -0.142. The van der Waals surface area contributed by atoms with Crippen molar-refractivity contribution in [3.05, 3.63) is 23.3 Å². The molecule has 0 atom stereocenters. The predicted octanol–water partition coefficient (Wildman–Crippen LogP) is 3.36. The molecule has 100 valence electrons. The number of thioether (sulfide) groups is 1. The lowest BCUT2D eigenvalue weighted by Crippen LogP contribution is -2.29. The molecule has 0 spiro atoms. The molecule has 0 saturated heterocycles. The van der Waals surface area contributed by atoms with Crippen molar-refractivity contribution < 1.29 is 14.3 Å². The fourth-order valence-electron chi connectivity index (χ4n) is 1.67. The average molecular weight is 268 g/mol. The summed E-state index contributed by atoms with van der Waals surface area (Å²) in [6.07, 6.45) is 0. The molecular formula is C14H20O3S. The molecule has 0 aromatic heterocycles. The van der Waals surface area contributed by atoms with Crippen LogP contribution in [0.25, 0.3) is 0 Å².